The van der Waals surface area contributed by atoms with Gasteiger partial charge >= 0.3 is 5.97 Å². The normalized spacial score (nSPS) is 19.9. The molecule has 1 aromatic carbocycles. The highest BCUT2D eigenvalue weighted by molar-refractivity contribution is 5.92. The zero-order valence-electron chi connectivity index (χ0n) is 17.6. The first-order valence-corrected chi connectivity index (χ1v) is 9.92. The van der Waals surface area contributed by atoms with Crippen LogP contribution in [0, 0.1) is 11.3 Å². The number of morpholine rings is 1. The summed E-state index contributed by atoms with van der Waals surface area (Å²) >= 11 is 0. The van der Waals surface area contributed by atoms with Crippen molar-refractivity contribution >= 4 is 5.97 Å². The summed E-state index contributed by atoms with van der Waals surface area (Å²) in [6.07, 6.45) is 0. The molecule has 8 heteroatoms. The summed E-state index contributed by atoms with van der Waals surface area (Å²) in [5, 5.41) is 9.75. The molecule has 160 valence electrons. The molecule has 2 aliphatic rings. The van der Waals surface area contributed by atoms with Crippen LogP contribution >= 0.6 is 0 Å². The Labute approximate surface area is 176 Å². The lowest BCUT2D eigenvalue weighted by molar-refractivity contribution is -0.139. The fraction of sp³-hybridized carbons (Fsp3) is 0.455. The van der Waals surface area contributed by atoms with Gasteiger partial charge in [-0.2, -0.15) is 5.26 Å². The van der Waals surface area contributed by atoms with Crippen LogP contribution in [0.3, 0.4) is 0 Å². The Balaban J connectivity index is 2.05. The second kappa shape index (κ2) is 9.65. The van der Waals surface area contributed by atoms with Gasteiger partial charge in [0.15, 0.2) is 0 Å². The zero-order valence-corrected chi connectivity index (χ0v) is 17.6. The number of ether oxygens (including phenoxy) is 4. The Morgan fingerprint density at radius 1 is 1.37 bits per heavy atom. The number of allylic oxidation sites excluding steroid dienone is 2. The number of rotatable bonds is 6. The molecule has 0 radical (unpaired) electrons. The van der Waals surface area contributed by atoms with Crippen molar-refractivity contribution in [2.45, 2.75) is 26.3 Å². The predicted molar refractivity (Wildman–Crippen MR) is 109 cm³/mol. The van der Waals surface area contributed by atoms with Crippen LogP contribution in [0.4, 0.5) is 0 Å². The van der Waals surface area contributed by atoms with Crippen molar-refractivity contribution < 1.29 is 23.7 Å². The zero-order chi connectivity index (χ0) is 21.7. The number of nitrogens with zero attached hydrogens (tertiary/aromatic N) is 2. The lowest BCUT2D eigenvalue weighted by Gasteiger charge is -2.29. The molecule has 2 aliphatic heterocycles. The van der Waals surface area contributed by atoms with Crippen LogP contribution in [-0.2, 0) is 25.5 Å². The minimum atomic E-state index is -0.669. The van der Waals surface area contributed by atoms with Crippen LogP contribution < -0.4 is 10.5 Å². The van der Waals surface area contributed by atoms with Gasteiger partial charge in [0.1, 0.15) is 23.2 Å². The maximum absolute atomic E-state index is 12.7. The molecule has 0 aliphatic carbocycles. The third-order valence-electron chi connectivity index (χ3n) is 5.24. The standard InChI is InChI=1S/C22H27N3O5/c1-4-29-22(26)19-14(2)30-21(24)17(12-23)20(19)15-5-6-18(27-3)16(11-15)13-25-7-9-28-10-8-25/h5-6,11,20H,4,7-10,13,24H2,1-3H3. The average molecular weight is 413 g/mol. The number of hydrogen-bond donors (Lipinski definition) is 1. The highest BCUT2D eigenvalue weighted by Gasteiger charge is 2.36. The van der Waals surface area contributed by atoms with Crippen molar-refractivity contribution in [2.75, 3.05) is 40.0 Å². The SMILES string of the molecule is CCOC(=O)C1=C(C)OC(N)=C(C#N)C1c1ccc(OC)c(CN2CCOCC2)c1. The van der Waals surface area contributed by atoms with Gasteiger partial charge in [0.25, 0.3) is 0 Å². The smallest absolute Gasteiger partial charge is 0.338 e. The summed E-state index contributed by atoms with van der Waals surface area (Å²) in [6, 6.07) is 7.76. The van der Waals surface area contributed by atoms with Crippen molar-refractivity contribution in [3.63, 3.8) is 0 Å². The lowest BCUT2D eigenvalue weighted by atomic mass is 9.82. The van der Waals surface area contributed by atoms with Gasteiger partial charge in [-0.25, -0.2) is 4.79 Å². The quantitative estimate of drug-likeness (QED) is 0.707. The monoisotopic (exact) mass is 413 g/mol. The number of carbonyl (C=O) groups excluding carboxylic acids is 1. The largest absolute Gasteiger partial charge is 0.496 e. The third-order valence-corrected chi connectivity index (χ3v) is 5.24. The Morgan fingerprint density at radius 2 is 2.10 bits per heavy atom. The molecule has 1 atom stereocenters. The van der Waals surface area contributed by atoms with Crippen LogP contribution in [-0.4, -0.2) is 50.9 Å². The van der Waals surface area contributed by atoms with E-state index in [-0.39, 0.29) is 23.6 Å². The highest BCUT2D eigenvalue weighted by Crippen LogP contribution is 2.40. The van der Waals surface area contributed by atoms with E-state index in [0.29, 0.717) is 25.5 Å². The fourth-order valence-corrected chi connectivity index (χ4v) is 3.79. The van der Waals surface area contributed by atoms with E-state index in [9.17, 15) is 10.1 Å². The summed E-state index contributed by atoms with van der Waals surface area (Å²) in [6.45, 7) is 7.30. The molecule has 30 heavy (non-hydrogen) atoms. The van der Waals surface area contributed by atoms with Gasteiger partial charge in [-0.1, -0.05) is 6.07 Å². The van der Waals surface area contributed by atoms with Gasteiger partial charge in [0.2, 0.25) is 5.88 Å². The summed E-state index contributed by atoms with van der Waals surface area (Å²) in [5.41, 5.74) is 8.17. The molecule has 0 amide bonds. The Bertz CT molecular complexity index is 910. The van der Waals surface area contributed by atoms with E-state index in [4.69, 9.17) is 24.7 Å². The van der Waals surface area contributed by atoms with Crippen molar-refractivity contribution in [3.05, 3.63) is 52.1 Å². The van der Waals surface area contributed by atoms with Crippen LogP contribution in [0.5, 0.6) is 5.75 Å². The molecule has 0 saturated carbocycles. The van der Waals surface area contributed by atoms with Crippen LogP contribution in [0.1, 0.15) is 30.9 Å². The molecule has 1 saturated heterocycles. The first-order valence-electron chi connectivity index (χ1n) is 9.92. The number of esters is 1. The Kier molecular flexibility index (Phi) is 6.98. The number of benzene rings is 1. The van der Waals surface area contributed by atoms with Gasteiger partial charge in [0, 0.05) is 25.2 Å². The minimum Gasteiger partial charge on any atom is -0.496 e. The summed E-state index contributed by atoms with van der Waals surface area (Å²) in [5.74, 6) is -0.117. The molecule has 0 spiro atoms. The molecule has 8 nitrogen and oxygen atoms in total. The second-order valence-corrected chi connectivity index (χ2v) is 7.07. The molecular formula is C22H27N3O5. The van der Waals surface area contributed by atoms with E-state index in [0.717, 1.165) is 30.0 Å². The second-order valence-electron chi connectivity index (χ2n) is 7.07. The highest BCUT2D eigenvalue weighted by atomic mass is 16.5. The van der Waals surface area contributed by atoms with Crippen LogP contribution in [0.25, 0.3) is 0 Å². The Morgan fingerprint density at radius 3 is 2.73 bits per heavy atom. The molecular weight excluding hydrogens is 386 g/mol. The average Bonchev–Trinajstić information content (AvgIpc) is 2.74. The number of nitriles is 1. The molecule has 0 bridgehead atoms. The molecule has 2 heterocycles. The fourth-order valence-electron chi connectivity index (χ4n) is 3.79. The van der Waals surface area contributed by atoms with E-state index >= 15 is 0 Å². The van der Waals surface area contributed by atoms with Gasteiger partial charge < -0.3 is 24.7 Å². The first kappa shape index (κ1) is 21.7. The first-order chi connectivity index (χ1) is 14.5. The van der Waals surface area contributed by atoms with Crippen molar-refractivity contribution in [2.24, 2.45) is 5.73 Å². The Hall–Kier alpha value is -3.02. The third kappa shape index (κ3) is 4.42. The minimum absolute atomic E-state index is 0.00130. The molecule has 2 N–H and O–H groups in total. The topological polar surface area (TPSA) is 107 Å². The summed E-state index contributed by atoms with van der Waals surface area (Å²) < 4.78 is 21.7. The maximum atomic E-state index is 12.7. The van der Waals surface area contributed by atoms with E-state index in [1.165, 1.54) is 0 Å². The molecule has 1 fully saturated rings. The van der Waals surface area contributed by atoms with Gasteiger partial charge in [0.05, 0.1) is 38.4 Å². The van der Waals surface area contributed by atoms with Crippen molar-refractivity contribution in [3.8, 4) is 11.8 Å². The lowest BCUT2D eigenvalue weighted by Crippen LogP contribution is -2.35. The molecule has 1 aromatic rings. The van der Waals surface area contributed by atoms with E-state index in [1.54, 1.807) is 21.0 Å². The van der Waals surface area contributed by atoms with Crippen LogP contribution in [0.2, 0.25) is 0 Å². The van der Waals surface area contributed by atoms with Gasteiger partial charge in [-0.15, -0.1) is 0 Å². The van der Waals surface area contributed by atoms with Crippen LogP contribution in [0.15, 0.2) is 41.0 Å². The van der Waals surface area contributed by atoms with E-state index in [1.807, 2.05) is 18.2 Å². The van der Waals surface area contributed by atoms with E-state index in [2.05, 4.69) is 11.0 Å². The number of methoxy groups -OCH3 is 1. The summed E-state index contributed by atoms with van der Waals surface area (Å²) in [4.78, 5) is 15.0. The predicted octanol–water partition coefficient (Wildman–Crippen LogP) is 2.17. The maximum Gasteiger partial charge on any atom is 0.338 e. The van der Waals surface area contributed by atoms with Crippen molar-refractivity contribution in [1.29, 1.82) is 5.26 Å². The molecule has 3 rings (SSSR count). The number of nitrogens with two attached hydrogens (primary N) is 1. The molecule has 0 aromatic heterocycles. The summed E-state index contributed by atoms with van der Waals surface area (Å²) in [7, 11) is 1.62. The molecule has 1 unspecified atom stereocenters. The van der Waals surface area contributed by atoms with E-state index < -0.39 is 11.9 Å². The van der Waals surface area contributed by atoms with Gasteiger partial charge in [-0.3, -0.25) is 4.90 Å². The number of carbonyl (C=O) groups is 1. The number of hydrogen-bond acceptors (Lipinski definition) is 8. The van der Waals surface area contributed by atoms with Crippen molar-refractivity contribution in [1.82, 2.24) is 4.90 Å². The van der Waals surface area contributed by atoms with Gasteiger partial charge in [-0.05, 0) is 31.5 Å².